The van der Waals surface area contributed by atoms with E-state index in [-0.39, 0.29) is 12.1 Å². The zero-order valence-corrected chi connectivity index (χ0v) is 13.3. The summed E-state index contributed by atoms with van der Waals surface area (Å²) in [4.78, 5) is 14.3. The molecule has 0 saturated heterocycles. The molecule has 1 aliphatic heterocycles. The molecule has 2 amide bonds. The summed E-state index contributed by atoms with van der Waals surface area (Å²) in [5.74, 6) is 0.814. The first-order valence-electron chi connectivity index (χ1n) is 7.67. The minimum Gasteiger partial charge on any atom is -0.497 e. The lowest BCUT2D eigenvalue weighted by atomic mass is 10.1. The number of benzene rings is 2. The van der Waals surface area contributed by atoms with Crippen LogP contribution in [0.1, 0.15) is 18.1 Å². The van der Waals surface area contributed by atoms with Crippen molar-refractivity contribution in [2.75, 3.05) is 12.0 Å². The monoisotopic (exact) mass is 308 g/mol. The number of anilines is 1. The highest BCUT2D eigenvalue weighted by Crippen LogP contribution is 2.31. The summed E-state index contributed by atoms with van der Waals surface area (Å²) in [5, 5.41) is 2.85. The fourth-order valence-corrected chi connectivity index (χ4v) is 2.87. The van der Waals surface area contributed by atoms with Crippen molar-refractivity contribution in [1.29, 1.82) is 0 Å². The highest BCUT2D eigenvalue weighted by molar-refractivity contribution is 5.95. The molecule has 2 aromatic carbocycles. The predicted molar refractivity (Wildman–Crippen MR) is 92.6 cm³/mol. The first kappa shape index (κ1) is 15.2. The number of hydrogen-bond donors (Lipinski definition) is 1. The number of fused-ring (bicyclic) bond motifs is 1. The first-order chi connectivity index (χ1) is 11.2. The van der Waals surface area contributed by atoms with Crippen LogP contribution in [0.4, 0.5) is 10.5 Å². The molecule has 1 unspecified atom stereocenters. The minimum absolute atomic E-state index is 0.104. The number of carbonyl (C=O) groups excluding carboxylic acids is 1. The van der Waals surface area contributed by atoms with Crippen molar-refractivity contribution < 1.29 is 9.53 Å². The largest absolute Gasteiger partial charge is 0.497 e. The van der Waals surface area contributed by atoms with E-state index >= 15 is 0 Å². The van der Waals surface area contributed by atoms with Gasteiger partial charge in [-0.15, -0.1) is 0 Å². The van der Waals surface area contributed by atoms with E-state index in [1.54, 1.807) is 13.3 Å². The maximum atomic E-state index is 12.5. The summed E-state index contributed by atoms with van der Waals surface area (Å²) in [5.41, 5.74) is 3.21. The Morgan fingerprint density at radius 2 is 1.96 bits per heavy atom. The molecule has 1 atom stereocenters. The van der Waals surface area contributed by atoms with Gasteiger partial charge in [0.2, 0.25) is 0 Å². The zero-order chi connectivity index (χ0) is 16.2. The lowest BCUT2D eigenvalue weighted by Crippen LogP contribution is -2.41. The Morgan fingerprint density at radius 3 is 2.70 bits per heavy atom. The van der Waals surface area contributed by atoms with Gasteiger partial charge in [0.05, 0.1) is 7.11 Å². The van der Waals surface area contributed by atoms with Crippen LogP contribution < -0.4 is 15.0 Å². The molecule has 0 fully saturated rings. The quantitative estimate of drug-likeness (QED) is 0.936. The van der Waals surface area contributed by atoms with Crippen molar-refractivity contribution >= 4 is 17.8 Å². The molecule has 0 aromatic heterocycles. The van der Waals surface area contributed by atoms with Crippen LogP contribution in [-0.2, 0) is 6.42 Å². The van der Waals surface area contributed by atoms with Crippen molar-refractivity contribution in [2.24, 2.45) is 0 Å². The zero-order valence-electron chi connectivity index (χ0n) is 13.3. The fraction of sp³-hybridized carbons (Fsp3) is 0.211. The van der Waals surface area contributed by atoms with Crippen LogP contribution in [0, 0.1) is 0 Å². The lowest BCUT2D eigenvalue weighted by molar-refractivity contribution is 0.248. The minimum atomic E-state index is -0.104. The molecule has 23 heavy (non-hydrogen) atoms. The van der Waals surface area contributed by atoms with Gasteiger partial charge < -0.3 is 10.1 Å². The Morgan fingerprint density at radius 1 is 1.22 bits per heavy atom. The molecule has 0 spiro atoms. The molecule has 1 aliphatic rings. The molecule has 0 radical (unpaired) electrons. The van der Waals surface area contributed by atoms with Crippen molar-refractivity contribution in [3.63, 3.8) is 0 Å². The van der Waals surface area contributed by atoms with Crippen molar-refractivity contribution in [3.8, 4) is 5.75 Å². The fourth-order valence-electron chi connectivity index (χ4n) is 2.87. The molecule has 118 valence electrons. The van der Waals surface area contributed by atoms with Gasteiger partial charge in [-0.1, -0.05) is 30.3 Å². The van der Waals surface area contributed by atoms with Gasteiger partial charge in [-0.25, -0.2) is 4.79 Å². The van der Waals surface area contributed by atoms with Gasteiger partial charge in [0.25, 0.3) is 0 Å². The number of nitrogens with one attached hydrogen (secondary N) is 1. The lowest BCUT2D eigenvalue weighted by Gasteiger charge is -2.22. The second kappa shape index (κ2) is 6.57. The van der Waals surface area contributed by atoms with Gasteiger partial charge in [0.15, 0.2) is 0 Å². The Kier molecular flexibility index (Phi) is 4.33. The van der Waals surface area contributed by atoms with Gasteiger partial charge in [0.1, 0.15) is 5.75 Å². The molecule has 1 N–H and O–H groups in total. The van der Waals surface area contributed by atoms with E-state index < -0.39 is 0 Å². The number of para-hydroxylation sites is 1. The molecule has 3 rings (SSSR count). The summed E-state index contributed by atoms with van der Waals surface area (Å²) >= 11 is 0. The number of rotatable bonds is 3. The summed E-state index contributed by atoms with van der Waals surface area (Å²) < 4.78 is 5.12. The molecule has 4 heteroatoms. The molecular formula is C19H20N2O2. The average molecular weight is 308 g/mol. The van der Waals surface area contributed by atoms with E-state index in [1.165, 1.54) is 5.56 Å². The van der Waals surface area contributed by atoms with E-state index in [4.69, 9.17) is 4.74 Å². The van der Waals surface area contributed by atoms with Gasteiger partial charge in [-0.05, 0) is 48.7 Å². The van der Waals surface area contributed by atoms with Crippen LogP contribution in [-0.4, -0.2) is 19.2 Å². The highest BCUT2D eigenvalue weighted by atomic mass is 16.5. The maximum absolute atomic E-state index is 12.5. The van der Waals surface area contributed by atoms with E-state index in [0.29, 0.717) is 0 Å². The summed E-state index contributed by atoms with van der Waals surface area (Å²) in [6.45, 7) is 2.06. The van der Waals surface area contributed by atoms with Gasteiger partial charge in [0, 0.05) is 17.9 Å². The highest BCUT2D eigenvalue weighted by Gasteiger charge is 2.29. The van der Waals surface area contributed by atoms with Gasteiger partial charge >= 0.3 is 6.03 Å². The van der Waals surface area contributed by atoms with Crippen LogP contribution >= 0.6 is 0 Å². The molecule has 0 saturated carbocycles. The van der Waals surface area contributed by atoms with Crippen LogP contribution in [0.5, 0.6) is 5.75 Å². The summed E-state index contributed by atoms with van der Waals surface area (Å²) in [6, 6.07) is 15.8. The van der Waals surface area contributed by atoms with E-state index in [9.17, 15) is 4.79 Å². The molecule has 0 aliphatic carbocycles. The Hall–Kier alpha value is -2.75. The van der Waals surface area contributed by atoms with Crippen molar-refractivity contribution in [3.05, 3.63) is 65.9 Å². The van der Waals surface area contributed by atoms with Crippen LogP contribution in [0.25, 0.3) is 6.08 Å². The summed E-state index contributed by atoms with van der Waals surface area (Å²) in [7, 11) is 1.64. The van der Waals surface area contributed by atoms with Gasteiger partial charge in [-0.2, -0.15) is 0 Å². The second-order valence-electron chi connectivity index (χ2n) is 5.61. The predicted octanol–water partition coefficient (Wildman–Crippen LogP) is 3.83. The Bertz CT molecular complexity index is 722. The van der Waals surface area contributed by atoms with Crippen LogP contribution in [0.15, 0.2) is 54.7 Å². The van der Waals surface area contributed by atoms with E-state index in [0.717, 1.165) is 23.4 Å². The normalized spacial score (nSPS) is 16.4. The van der Waals surface area contributed by atoms with Crippen LogP contribution in [0.2, 0.25) is 0 Å². The SMILES string of the molecule is COc1ccc(/C=C/NC(=O)N2c3ccccc3CC2C)cc1. The topological polar surface area (TPSA) is 41.6 Å². The third kappa shape index (κ3) is 3.21. The molecule has 0 bridgehead atoms. The molecule has 2 aromatic rings. The first-order valence-corrected chi connectivity index (χ1v) is 7.67. The van der Waals surface area contributed by atoms with E-state index in [1.807, 2.05) is 53.4 Å². The number of urea groups is 1. The molecule has 1 heterocycles. The third-order valence-electron chi connectivity index (χ3n) is 4.02. The van der Waals surface area contributed by atoms with Gasteiger partial charge in [-0.3, -0.25) is 4.90 Å². The second-order valence-corrected chi connectivity index (χ2v) is 5.61. The van der Waals surface area contributed by atoms with Crippen molar-refractivity contribution in [1.82, 2.24) is 5.32 Å². The number of carbonyl (C=O) groups is 1. The maximum Gasteiger partial charge on any atom is 0.326 e. The standard InChI is InChI=1S/C19H20N2O2/c1-14-13-16-5-3-4-6-18(16)21(14)19(22)20-12-11-15-7-9-17(23-2)10-8-15/h3-12,14H,13H2,1-2H3,(H,20,22)/b12-11+. The third-order valence-corrected chi connectivity index (χ3v) is 4.02. The van der Waals surface area contributed by atoms with Crippen molar-refractivity contribution in [2.45, 2.75) is 19.4 Å². The number of amides is 2. The Labute approximate surface area is 136 Å². The summed E-state index contributed by atoms with van der Waals surface area (Å²) in [6.07, 6.45) is 4.44. The molecular weight excluding hydrogens is 288 g/mol. The van der Waals surface area contributed by atoms with Crippen LogP contribution in [0.3, 0.4) is 0 Å². The molecule has 4 nitrogen and oxygen atoms in total. The number of hydrogen-bond acceptors (Lipinski definition) is 2. The number of methoxy groups -OCH3 is 1. The number of nitrogens with zero attached hydrogens (tertiary/aromatic N) is 1. The number of ether oxygens (including phenoxy) is 1. The van der Waals surface area contributed by atoms with E-state index in [2.05, 4.69) is 18.3 Å². The average Bonchev–Trinajstić information content (AvgIpc) is 2.91. The smallest absolute Gasteiger partial charge is 0.326 e. The Balaban J connectivity index is 1.66.